The number of hydrogen-bond donors (Lipinski definition) is 1. The Kier molecular flexibility index (Phi) is 4.28. The van der Waals surface area contributed by atoms with Crippen LogP contribution in [0.15, 0.2) is 28.7 Å². The van der Waals surface area contributed by atoms with Gasteiger partial charge in [0.2, 0.25) is 0 Å². The SMILES string of the molecule is [3H]SOCCC#Cc1ccc(Br)cc1. The molecule has 1 aromatic carbocycles. The van der Waals surface area contributed by atoms with Crippen LogP contribution in [0.3, 0.4) is 0 Å². The van der Waals surface area contributed by atoms with Crippen molar-refractivity contribution in [3.8, 4) is 11.8 Å². The molecule has 0 aliphatic rings. The zero-order valence-corrected chi connectivity index (χ0v) is 9.32. The van der Waals surface area contributed by atoms with Gasteiger partial charge in [0.25, 0.3) is 0 Å². The third-order valence-corrected chi connectivity index (χ3v) is 2.08. The Hall–Kier alpha value is -0.430. The molecule has 1 nitrogen and oxygen atoms in total. The van der Waals surface area contributed by atoms with Gasteiger partial charge in [-0.05, 0) is 37.1 Å². The Morgan fingerprint density at radius 1 is 1.46 bits per heavy atom. The molecule has 0 heterocycles. The number of benzene rings is 1. The fraction of sp³-hybridized carbons (Fsp3) is 0.200. The van der Waals surface area contributed by atoms with E-state index in [0.29, 0.717) is 25.8 Å². The summed E-state index contributed by atoms with van der Waals surface area (Å²) in [6.45, 7) is 0.498. The highest BCUT2D eigenvalue weighted by atomic mass is 79.9. The molecular formula is C10H9BrOS. The van der Waals surface area contributed by atoms with Gasteiger partial charge in [0.1, 0.15) is 1.12 Å². The molecule has 0 unspecified atom stereocenters. The minimum absolute atomic E-state index is 0.498. The van der Waals surface area contributed by atoms with E-state index >= 15 is 0 Å². The largest absolute Gasteiger partial charge is 0.318 e. The van der Waals surface area contributed by atoms with E-state index < -0.39 is 0 Å². The summed E-state index contributed by atoms with van der Waals surface area (Å²) in [7, 11) is 0. The maximum Gasteiger partial charge on any atom is 0.135 e. The smallest absolute Gasteiger partial charge is 0.135 e. The van der Waals surface area contributed by atoms with Gasteiger partial charge >= 0.3 is 0 Å². The van der Waals surface area contributed by atoms with Gasteiger partial charge in [0.15, 0.2) is 0 Å². The van der Waals surface area contributed by atoms with Crippen LogP contribution in [0.1, 0.15) is 12.0 Å². The van der Waals surface area contributed by atoms with E-state index in [4.69, 9.17) is 5.31 Å². The summed E-state index contributed by atoms with van der Waals surface area (Å²) in [6, 6.07) is 7.83. The van der Waals surface area contributed by atoms with Crippen molar-refractivity contribution >= 4 is 28.7 Å². The molecule has 0 bridgehead atoms. The molecule has 68 valence electrons. The van der Waals surface area contributed by atoms with Crippen molar-refractivity contribution in [3.63, 3.8) is 0 Å². The van der Waals surface area contributed by atoms with Crippen LogP contribution in [0.4, 0.5) is 0 Å². The molecule has 1 rings (SSSR count). The van der Waals surface area contributed by atoms with Crippen molar-refractivity contribution in [1.29, 1.82) is 1.12 Å². The lowest BCUT2D eigenvalue weighted by molar-refractivity contribution is 0.394. The molecule has 0 radical (unpaired) electrons. The normalized spacial score (nSPS) is 10.1. The van der Waals surface area contributed by atoms with Crippen LogP contribution >= 0.6 is 28.7 Å². The predicted molar refractivity (Wildman–Crippen MR) is 60.6 cm³/mol. The average molecular weight is 259 g/mol. The summed E-state index contributed by atoms with van der Waals surface area (Å²) in [5, 5.41) is 0. The van der Waals surface area contributed by atoms with Crippen LogP contribution in [-0.2, 0) is 4.18 Å². The van der Waals surface area contributed by atoms with E-state index in [0.717, 1.165) is 10.0 Å². The molecule has 3 heteroatoms. The fourth-order valence-electron chi connectivity index (χ4n) is 0.790. The first-order chi connectivity index (χ1) is 6.83. The summed E-state index contributed by atoms with van der Waals surface area (Å²) >= 11 is 3.98. The van der Waals surface area contributed by atoms with Crippen LogP contribution in [0.2, 0.25) is 0 Å². The first-order valence-corrected chi connectivity index (χ1v) is 4.95. The fourth-order valence-corrected chi connectivity index (χ4v) is 1.14. The number of thiol groups is 1. The second-order valence-electron chi connectivity index (χ2n) is 2.38. The van der Waals surface area contributed by atoms with Gasteiger partial charge in [-0.25, -0.2) is 0 Å². The number of halogens is 1. The Morgan fingerprint density at radius 3 is 2.92 bits per heavy atom. The highest BCUT2D eigenvalue weighted by Crippen LogP contribution is 2.09. The first-order valence-electron chi connectivity index (χ1n) is 4.23. The minimum atomic E-state index is 0.498. The van der Waals surface area contributed by atoms with Crippen molar-refractivity contribution in [3.05, 3.63) is 34.3 Å². The lowest BCUT2D eigenvalue weighted by Crippen LogP contribution is -1.79. The first kappa shape index (κ1) is 9.14. The second-order valence-corrected chi connectivity index (χ2v) is 3.53. The third kappa shape index (κ3) is 4.37. The average Bonchev–Trinajstić information content (AvgIpc) is 2.21. The molecule has 0 atom stereocenters. The van der Waals surface area contributed by atoms with Gasteiger partial charge in [-0.1, -0.05) is 27.8 Å². The van der Waals surface area contributed by atoms with Crippen LogP contribution < -0.4 is 0 Å². The molecule has 0 aliphatic heterocycles. The van der Waals surface area contributed by atoms with Gasteiger partial charge in [-0.2, -0.15) is 0 Å². The lowest BCUT2D eigenvalue weighted by atomic mass is 10.2. The molecule has 0 spiro atoms. The lowest BCUT2D eigenvalue weighted by Gasteiger charge is -1.90. The Labute approximate surface area is 93.3 Å². The van der Waals surface area contributed by atoms with Crippen molar-refractivity contribution in [2.45, 2.75) is 6.42 Å². The van der Waals surface area contributed by atoms with Gasteiger partial charge < -0.3 is 4.18 Å². The van der Waals surface area contributed by atoms with Crippen LogP contribution in [-0.4, -0.2) is 7.73 Å². The molecule has 13 heavy (non-hydrogen) atoms. The maximum atomic E-state index is 6.67. The van der Waals surface area contributed by atoms with E-state index in [-0.39, 0.29) is 0 Å². The summed E-state index contributed by atoms with van der Waals surface area (Å²) in [5.41, 5.74) is 0.992. The molecule has 0 saturated heterocycles. The predicted octanol–water partition coefficient (Wildman–Crippen LogP) is 3.05. The zero-order chi connectivity index (χ0) is 10.2. The van der Waals surface area contributed by atoms with Gasteiger partial charge in [-0.15, -0.1) is 0 Å². The van der Waals surface area contributed by atoms with E-state index in [1.807, 2.05) is 24.3 Å². The van der Waals surface area contributed by atoms with E-state index in [1.54, 1.807) is 0 Å². The Bertz CT molecular complexity index is 328. The molecule has 0 saturated carbocycles. The quantitative estimate of drug-likeness (QED) is 0.380. The minimum Gasteiger partial charge on any atom is -0.318 e. The Balaban J connectivity index is 2.39. The topological polar surface area (TPSA) is 9.23 Å². The molecule has 0 fully saturated rings. The van der Waals surface area contributed by atoms with Crippen molar-refractivity contribution in [2.24, 2.45) is 0 Å². The molecule has 1 aromatic rings. The summed E-state index contributed by atoms with van der Waals surface area (Å²) in [4.78, 5) is 0. The van der Waals surface area contributed by atoms with Crippen molar-refractivity contribution in [1.82, 2.24) is 0 Å². The summed E-state index contributed by atoms with van der Waals surface area (Å²) < 4.78 is 12.5. The molecule has 0 aliphatic carbocycles. The second kappa shape index (κ2) is 6.09. The molecular weight excluding hydrogens is 248 g/mol. The molecule has 0 N–H and O–H groups in total. The van der Waals surface area contributed by atoms with Crippen molar-refractivity contribution < 1.29 is 4.18 Å². The molecule has 0 amide bonds. The number of rotatable bonds is 3. The summed E-state index contributed by atoms with van der Waals surface area (Å²) in [5.74, 6) is 5.98. The summed E-state index contributed by atoms with van der Waals surface area (Å²) in [6.07, 6.45) is 0.655. The van der Waals surface area contributed by atoms with E-state index in [1.165, 1.54) is 0 Å². The van der Waals surface area contributed by atoms with Gasteiger partial charge in [-0.3, -0.25) is 0 Å². The Morgan fingerprint density at radius 2 is 2.23 bits per heavy atom. The molecule has 0 aromatic heterocycles. The van der Waals surface area contributed by atoms with Crippen LogP contribution in [0.5, 0.6) is 0 Å². The van der Waals surface area contributed by atoms with Crippen LogP contribution in [0, 0.1) is 11.8 Å². The van der Waals surface area contributed by atoms with E-state index in [9.17, 15) is 0 Å². The third-order valence-electron chi connectivity index (χ3n) is 1.39. The van der Waals surface area contributed by atoms with Gasteiger partial charge in [0, 0.05) is 16.5 Å². The van der Waals surface area contributed by atoms with Crippen LogP contribution in [0.25, 0.3) is 0 Å². The highest BCUT2D eigenvalue weighted by molar-refractivity contribution is 9.10. The monoisotopic (exact) mass is 258 g/mol. The van der Waals surface area contributed by atoms with Gasteiger partial charge in [0.05, 0.1) is 6.61 Å². The highest BCUT2D eigenvalue weighted by Gasteiger charge is 1.86. The number of hydrogen-bond acceptors (Lipinski definition) is 2. The maximum absolute atomic E-state index is 6.67. The van der Waals surface area contributed by atoms with Crippen molar-refractivity contribution in [2.75, 3.05) is 6.61 Å². The standard InChI is InChI=1S/C10H9BrOS/c11-10-6-4-9(5-7-10)3-1-2-8-12-13/h4-7,13H,2,8H2/i/hT. The zero-order valence-electron chi connectivity index (χ0n) is 7.92. The van der Waals surface area contributed by atoms with E-state index in [2.05, 4.69) is 27.8 Å².